The van der Waals surface area contributed by atoms with Crippen molar-refractivity contribution in [2.75, 3.05) is 0 Å². The predicted molar refractivity (Wildman–Crippen MR) is 82.4 cm³/mol. The summed E-state index contributed by atoms with van der Waals surface area (Å²) in [5, 5.41) is 3.28. The molecule has 0 spiro atoms. The van der Waals surface area contributed by atoms with Crippen LogP contribution in [0.25, 0.3) is 0 Å². The Balaban J connectivity index is 2.00. The van der Waals surface area contributed by atoms with E-state index in [1.807, 2.05) is 6.92 Å². The molecule has 0 radical (unpaired) electrons. The van der Waals surface area contributed by atoms with Crippen molar-refractivity contribution in [3.05, 3.63) is 0 Å². The summed E-state index contributed by atoms with van der Waals surface area (Å²) in [7, 11) is 0. The van der Waals surface area contributed by atoms with Crippen LogP contribution in [0.15, 0.2) is 0 Å². The molecule has 1 N–H and O–H groups in total. The molecule has 1 aliphatic heterocycles. The maximum absolute atomic E-state index is 12.6. The molecule has 0 bridgehead atoms. The van der Waals surface area contributed by atoms with Gasteiger partial charge in [0, 0.05) is 18.5 Å². The van der Waals surface area contributed by atoms with Gasteiger partial charge in [-0.15, -0.1) is 12.3 Å². The normalized spacial score (nSPS) is 25.7. The van der Waals surface area contributed by atoms with Gasteiger partial charge in [0.05, 0.1) is 12.5 Å². The zero-order valence-corrected chi connectivity index (χ0v) is 12.9. The lowest BCUT2D eigenvalue weighted by atomic mass is 10.1. The Bertz CT molecular complexity index is 419. The number of nitrogens with zero attached hydrogens (tertiary/aromatic N) is 1. The molecule has 21 heavy (non-hydrogen) atoms. The Hall–Kier alpha value is -1.34. The van der Waals surface area contributed by atoms with E-state index in [0.29, 0.717) is 6.42 Å². The fourth-order valence-corrected chi connectivity index (χ4v) is 3.43. The summed E-state index contributed by atoms with van der Waals surface area (Å²) < 4.78 is 0. The number of hydrogen-bond donors (Lipinski definition) is 1. The molecule has 2 aliphatic rings. The molecule has 116 valence electrons. The van der Waals surface area contributed by atoms with Crippen molar-refractivity contribution < 1.29 is 9.59 Å². The highest BCUT2D eigenvalue weighted by Gasteiger charge is 2.42. The Kier molecular flexibility index (Phi) is 5.81. The van der Waals surface area contributed by atoms with Gasteiger partial charge in [0.15, 0.2) is 0 Å². The molecule has 2 amide bonds. The molecule has 2 atom stereocenters. The molecule has 2 fully saturated rings. The second kappa shape index (κ2) is 7.61. The molecule has 1 saturated carbocycles. The van der Waals surface area contributed by atoms with Crippen molar-refractivity contribution >= 4 is 11.8 Å². The summed E-state index contributed by atoms with van der Waals surface area (Å²) >= 11 is 0. The van der Waals surface area contributed by atoms with Crippen LogP contribution >= 0.6 is 0 Å². The average molecular weight is 290 g/mol. The molecule has 0 aromatic rings. The van der Waals surface area contributed by atoms with Gasteiger partial charge in [0.25, 0.3) is 0 Å². The SMILES string of the molecule is C#CCC(CC)NC1CC(=O)N(C2CCCCCC2)C1=O. The highest BCUT2D eigenvalue weighted by Crippen LogP contribution is 2.27. The molecule has 1 saturated heterocycles. The van der Waals surface area contributed by atoms with Crippen LogP contribution in [0.4, 0.5) is 0 Å². The Morgan fingerprint density at radius 1 is 1.29 bits per heavy atom. The summed E-state index contributed by atoms with van der Waals surface area (Å²) in [6, 6.07) is -0.142. The van der Waals surface area contributed by atoms with Crippen LogP contribution in [-0.2, 0) is 9.59 Å². The van der Waals surface area contributed by atoms with Gasteiger partial charge in [-0.3, -0.25) is 14.5 Å². The maximum Gasteiger partial charge on any atom is 0.247 e. The lowest BCUT2D eigenvalue weighted by Gasteiger charge is -2.26. The minimum atomic E-state index is -0.376. The van der Waals surface area contributed by atoms with Gasteiger partial charge in [0.1, 0.15) is 0 Å². The molecular formula is C17H26N2O2. The van der Waals surface area contributed by atoms with Crippen LogP contribution in [0, 0.1) is 12.3 Å². The fourth-order valence-electron chi connectivity index (χ4n) is 3.43. The lowest BCUT2D eigenvalue weighted by molar-refractivity contribution is -0.141. The molecule has 4 nitrogen and oxygen atoms in total. The number of carbonyl (C=O) groups excluding carboxylic acids is 2. The molecule has 0 aromatic carbocycles. The summed E-state index contributed by atoms with van der Waals surface area (Å²) in [5.41, 5.74) is 0. The van der Waals surface area contributed by atoms with E-state index in [1.165, 1.54) is 12.8 Å². The number of terminal acetylenes is 1. The van der Waals surface area contributed by atoms with Gasteiger partial charge in [-0.2, -0.15) is 0 Å². The van der Waals surface area contributed by atoms with Crippen LogP contribution in [0.3, 0.4) is 0 Å². The van der Waals surface area contributed by atoms with E-state index >= 15 is 0 Å². The number of nitrogens with one attached hydrogen (secondary N) is 1. The van der Waals surface area contributed by atoms with E-state index in [2.05, 4.69) is 11.2 Å². The summed E-state index contributed by atoms with van der Waals surface area (Å²) in [6.07, 6.45) is 13.7. The molecule has 4 heteroatoms. The van der Waals surface area contributed by atoms with Crippen molar-refractivity contribution in [3.63, 3.8) is 0 Å². The number of likely N-dealkylation sites (tertiary alicyclic amines) is 1. The first-order valence-electron chi connectivity index (χ1n) is 8.22. The second-order valence-electron chi connectivity index (χ2n) is 6.18. The molecule has 1 heterocycles. The summed E-state index contributed by atoms with van der Waals surface area (Å²) in [6.45, 7) is 2.04. The van der Waals surface area contributed by atoms with Crippen LogP contribution in [0.5, 0.6) is 0 Å². The zero-order valence-electron chi connectivity index (χ0n) is 12.9. The van der Waals surface area contributed by atoms with Crippen LogP contribution < -0.4 is 5.32 Å². The highest BCUT2D eigenvalue weighted by molar-refractivity contribution is 6.05. The van der Waals surface area contributed by atoms with Crippen LogP contribution in [0.1, 0.15) is 64.7 Å². The molecule has 1 aliphatic carbocycles. The number of amides is 2. The van der Waals surface area contributed by atoms with Gasteiger partial charge in [-0.25, -0.2) is 0 Å². The number of imide groups is 1. The third kappa shape index (κ3) is 3.85. The highest BCUT2D eigenvalue weighted by atomic mass is 16.2. The van der Waals surface area contributed by atoms with Crippen LogP contribution in [-0.4, -0.2) is 34.8 Å². The van der Waals surface area contributed by atoms with E-state index in [4.69, 9.17) is 6.42 Å². The fraction of sp³-hybridized carbons (Fsp3) is 0.765. The first kappa shape index (κ1) is 16.0. The topological polar surface area (TPSA) is 49.4 Å². The van der Waals surface area contributed by atoms with Crippen molar-refractivity contribution in [3.8, 4) is 12.3 Å². The molecule has 2 rings (SSSR count). The number of carbonyl (C=O) groups is 2. The third-order valence-corrected chi connectivity index (χ3v) is 4.67. The third-order valence-electron chi connectivity index (χ3n) is 4.67. The molecular weight excluding hydrogens is 264 g/mol. The Morgan fingerprint density at radius 3 is 2.52 bits per heavy atom. The van der Waals surface area contributed by atoms with Gasteiger partial charge >= 0.3 is 0 Å². The average Bonchev–Trinajstić information content (AvgIpc) is 2.67. The monoisotopic (exact) mass is 290 g/mol. The molecule has 0 aromatic heterocycles. The Morgan fingerprint density at radius 2 is 1.95 bits per heavy atom. The summed E-state index contributed by atoms with van der Waals surface area (Å²) in [4.78, 5) is 26.4. The van der Waals surface area contributed by atoms with E-state index in [1.54, 1.807) is 4.90 Å². The van der Waals surface area contributed by atoms with E-state index in [0.717, 1.165) is 32.1 Å². The van der Waals surface area contributed by atoms with Gasteiger partial charge < -0.3 is 5.32 Å². The van der Waals surface area contributed by atoms with Crippen molar-refractivity contribution in [2.45, 2.75) is 82.8 Å². The number of rotatable bonds is 5. The second-order valence-corrected chi connectivity index (χ2v) is 6.18. The van der Waals surface area contributed by atoms with Crippen LogP contribution in [0.2, 0.25) is 0 Å². The van der Waals surface area contributed by atoms with Gasteiger partial charge in [-0.05, 0) is 19.3 Å². The van der Waals surface area contributed by atoms with E-state index in [-0.39, 0.29) is 36.4 Å². The zero-order chi connectivity index (χ0) is 15.2. The van der Waals surface area contributed by atoms with Gasteiger partial charge in [0.2, 0.25) is 11.8 Å². The minimum Gasteiger partial charge on any atom is -0.302 e. The first-order chi connectivity index (χ1) is 10.2. The quantitative estimate of drug-likeness (QED) is 0.480. The van der Waals surface area contributed by atoms with Crippen molar-refractivity contribution in [2.24, 2.45) is 0 Å². The van der Waals surface area contributed by atoms with Crippen molar-refractivity contribution in [1.29, 1.82) is 0 Å². The smallest absolute Gasteiger partial charge is 0.247 e. The largest absolute Gasteiger partial charge is 0.302 e. The molecule has 2 unspecified atom stereocenters. The predicted octanol–water partition coefficient (Wildman–Crippen LogP) is 2.23. The lowest BCUT2D eigenvalue weighted by Crippen LogP contribution is -2.46. The standard InChI is InChI=1S/C17H26N2O2/c1-3-9-13(4-2)18-15-12-16(20)19(17(15)21)14-10-7-5-6-8-11-14/h1,13-15,18H,4-12H2,2H3. The van der Waals surface area contributed by atoms with E-state index in [9.17, 15) is 9.59 Å². The van der Waals surface area contributed by atoms with Gasteiger partial charge in [-0.1, -0.05) is 32.6 Å². The van der Waals surface area contributed by atoms with Crippen molar-refractivity contribution in [1.82, 2.24) is 10.2 Å². The Labute approximate surface area is 127 Å². The summed E-state index contributed by atoms with van der Waals surface area (Å²) in [5.74, 6) is 2.58. The van der Waals surface area contributed by atoms with E-state index < -0.39 is 0 Å². The first-order valence-corrected chi connectivity index (χ1v) is 8.22. The number of hydrogen-bond acceptors (Lipinski definition) is 3. The minimum absolute atomic E-state index is 0.0139. The maximum atomic E-state index is 12.6.